The molecule has 3 amide bonds. The summed E-state index contributed by atoms with van der Waals surface area (Å²) in [5.74, 6) is -0.165. The topological polar surface area (TPSA) is 120 Å². The Balaban J connectivity index is 2.15. The number of rotatable bonds is 4. The van der Waals surface area contributed by atoms with Gasteiger partial charge in [0.15, 0.2) is 5.16 Å². The SMILES string of the molecule is Cc1cccc(-n2c(SC(C)C(=O)NC(N)=O)nc3ccccc3c2=O)n1. The molecule has 0 radical (unpaired) electrons. The van der Waals surface area contributed by atoms with Crippen molar-refractivity contribution in [3.63, 3.8) is 0 Å². The third-order valence-electron chi connectivity index (χ3n) is 3.75. The lowest BCUT2D eigenvalue weighted by molar-refractivity contribution is -0.119. The van der Waals surface area contributed by atoms with Gasteiger partial charge in [-0.1, -0.05) is 30.0 Å². The van der Waals surface area contributed by atoms with E-state index in [4.69, 9.17) is 5.73 Å². The van der Waals surface area contributed by atoms with Gasteiger partial charge in [0.05, 0.1) is 16.2 Å². The van der Waals surface area contributed by atoms with Crippen molar-refractivity contribution in [3.8, 4) is 5.82 Å². The first-order valence-electron chi connectivity index (χ1n) is 8.09. The quantitative estimate of drug-likeness (QED) is 0.523. The second-order valence-corrected chi connectivity index (χ2v) is 7.11. The molecule has 0 aliphatic carbocycles. The maximum Gasteiger partial charge on any atom is 0.318 e. The molecule has 0 saturated heterocycles. The molecule has 138 valence electrons. The number of carbonyl (C=O) groups excluding carboxylic acids is 2. The van der Waals surface area contributed by atoms with Crippen LogP contribution in [0.5, 0.6) is 0 Å². The molecule has 0 aliphatic rings. The van der Waals surface area contributed by atoms with E-state index in [1.807, 2.05) is 18.3 Å². The van der Waals surface area contributed by atoms with Crippen LogP contribution in [0, 0.1) is 6.92 Å². The Morgan fingerprint density at radius 2 is 1.89 bits per heavy atom. The van der Waals surface area contributed by atoms with Gasteiger partial charge in [-0.3, -0.25) is 14.9 Å². The summed E-state index contributed by atoms with van der Waals surface area (Å²) >= 11 is 1.04. The van der Waals surface area contributed by atoms with E-state index >= 15 is 0 Å². The molecular weight excluding hydrogens is 366 g/mol. The molecule has 1 unspecified atom stereocenters. The number of benzene rings is 1. The van der Waals surface area contributed by atoms with Crippen LogP contribution in [0.15, 0.2) is 52.4 Å². The van der Waals surface area contributed by atoms with Gasteiger partial charge in [-0.25, -0.2) is 19.3 Å². The summed E-state index contributed by atoms with van der Waals surface area (Å²) in [5.41, 5.74) is 5.96. The summed E-state index contributed by atoms with van der Waals surface area (Å²) in [7, 11) is 0. The number of urea groups is 1. The van der Waals surface area contributed by atoms with Crippen molar-refractivity contribution in [3.05, 3.63) is 58.5 Å². The summed E-state index contributed by atoms with van der Waals surface area (Å²) in [6.07, 6.45) is 0. The fourth-order valence-electron chi connectivity index (χ4n) is 2.48. The Labute approximate surface area is 158 Å². The molecule has 3 rings (SSSR count). The van der Waals surface area contributed by atoms with Crippen molar-refractivity contribution < 1.29 is 9.59 Å². The van der Waals surface area contributed by atoms with Crippen LogP contribution in [-0.2, 0) is 4.79 Å². The van der Waals surface area contributed by atoms with Crippen LogP contribution in [0.2, 0.25) is 0 Å². The number of nitrogens with zero attached hydrogens (tertiary/aromatic N) is 3. The maximum atomic E-state index is 13.1. The predicted octanol–water partition coefficient (Wildman–Crippen LogP) is 1.76. The molecule has 3 aromatic rings. The van der Waals surface area contributed by atoms with E-state index in [9.17, 15) is 14.4 Å². The van der Waals surface area contributed by atoms with Gasteiger partial charge in [0.1, 0.15) is 5.82 Å². The number of pyridine rings is 1. The van der Waals surface area contributed by atoms with Crippen molar-refractivity contribution in [2.24, 2.45) is 5.73 Å². The van der Waals surface area contributed by atoms with E-state index in [1.165, 1.54) is 4.57 Å². The number of imide groups is 1. The largest absolute Gasteiger partial charge is 0.351 e. The number of nitrogens with two attached hydrogens (primary N) is 1. The molecule has 2 aromatic heterocycles. The number of aryl methyl sites for hydroxylation is 1. The standard InChI is InChI=1S/C18H17N5O3S/c1-10-6-5-9-14(20-10)23-16(25)12-7-3-4-8-13(12)21-18(23)27-11(2)15(24)22-17(19)26/h3-9,11H,1-2H3,(H3,19,22,24,26). The van der Waals surface area contributed by atoms with Crippen LogP contribution in [0.4, 0.5) is 4.79 Å². The van der Waals surface area contributed by atoms with Crippen molar-refractivity contribution >= 4 is 34.6 Å². The average Bonchev–Trinajstić information content (AvgIpc) is 2.61. The summed E-state index contributed by atoms with van der Waals surface area (Å²) < 4.78 is 1.37. The lowest BCUT2D eigenvalue weighted by Gasteiger charge is -2.15. The Kier molecular flexibility index (Phi) is 5.22. The molecule has 0 spiro atoms. The highest BCUT2D eigenvalue weighted by Crippen LogP contribution is 2.24. The van der Waals surface area contributed by atoms with Crippen LogP contribution in [0.25, 0.3) is 16.7 Å². The van der Waals surface area contributed by atoms with Gasteiger partial charge in [0.25, 0.3) is 5.56 Å². The number of para-hydroxylation sites is 1. The second kappa shape index (κ2) is 7.58. The zero-order valence-electron chi connectivity index (χ0n) is 14.7. The fourth-order valence-corrected chi connectivity index (χ4v) is 3.40. The molecule has 2 heterocycles. The first-order chi connectivity index (χ1) is 12.9. The molecule has 0 aliphatic heterocycles. The number of amides is 3. The number of hydrogen-bond acceptors (Lipinski definition) is 6. The van der Waals surface area contributed by atoms with E-state index in [-0.39, 0.29) is 5.56 Å². The molecule has 0 saturated carbocycles. The summed E-state index contributed by atoms with van der Waals surface area (Å²) in [4.78, 5) is 45.0. The zero-order valence-corrected chi connectivity index (χ0v) is 15.5. The lowest BCUT2D eigenvalue weighted by atomic mass is 10.2. The second-order valence-electron chi connectivity index (χ2n) is 5.80. The van der Waals surface area contributed by atoms with Gasteiger partial charge >= 0.3 is 6.03 Å². The van der Waals surface area contributed by atoms with E-state index in [0.29, 0.717) is 21.9 Å². The fraction of sp³-hybridized carbons (Fsp3) is 0.167. The van der Waals surface area contributed by atoms with Crippen molar-refractivity contribution in [2.45, 2.75) is 24.3 Å². The highest BCUT2D eigenvalue weighted by Gasteiger charge is 2.21. The molecular formula is C18H17N5O3S. The van der Waals surface area contributed by atoms with Crippen LogP contribution in [-0.4, -0.2) is 31.7 Å². The highest BCUT2D eigenvalue weighted by molar-refractivity contribution is 8.00. The van der Waals surface area contributed by atoms with Crippen molar-refractivity contribution in [1.82, 2.24) is 19.9 Å². The smallest absolute Gasteiger partial charge is 0.318 e. The van der Waals surface area contributed by atoms with Crippen LogP contribution in [0.1, 0.15) is 12.6 Å². The zero-order chi connectivity index (χ0) is 19.6. The van der Waals surface area contributed by atoms with Gasteiger partial charge < -0.3 is 5.73 Å². The summed E-state index contributed by atoms with van der Waals surface area (Å²) in [6, 6.07) is 11.3. The predicted molar refractivity (Wildman–Crippen MR) is 103 cm³/mol. The van der Waals surface area contributed by atoms with Crippen LogP contribution >= 0.6 is 11.8 Å². The molecule has 0 bridgehead atoms. The van der Waals surface area contributed by atoms with Crippen molar-refractivity contribution in [2.75, 3.05) is 0 Å². The van der Waals surface area contributed by atoms with Gasteiger partial charge in [-0.05, 0) is 38.1 Å². The molecule has 9 heteroatoms. The molecule has 27 heavy (non-hydrogen) atoms. The number of hydrogen-bond donors (Lipinski definition) is 2. The van der Waals surface area contributed by atoms with E-state index in [0.717, 1.165) is 17.5 Å². The van der Waals surface area contributed by atoms with E-state index in [2.05, 4.69) is 9.97 Å². The van der Waals surface area contributed by atoms with Crippen molar-refractivity contribution in [1.29, 1.82) is 0 Å². The lowest BCUT2D eigenvalue weighted by Crippen LogP contribution is -2.39. The van der Waals surface area contributed by atoms with Gasteiger partial charge in [0.2, 0.25) is 5.91 Å². The average molecular weight is 383 g/mol. The number of nitrogens with one attached hydrogen (secondary N) is 1. The first kappa shape index (κ1) is 18.6. The summed E-state index contributed by atoms with van der Waals surface area (Å²) in [5, 5.41) is 2.06. The van der Waals surface area contributed by atoms with E-state index < -0.39 is 17.2 Å². The van der Waals surface area contributed by atoms with Crippen LogP contribution < -0.4 is 16.6 Å². The maximum absolute atomic E-state index is 13.1. The van der Waals surface area contributed by atoms with Crippen LogP contribution in [0.3, 0.4) is 0 Å². The monoisotopic (exact) mass is 383 g/mol. The summed E-state index contributed by atoms with van der Waals surface area (Å²) in [6.45, 7) is 3.41. The normalized spacial score (nSPS) is 11.9. The molecule has 8 nitrogen and oxygen atoms in total. The molecule has 0 fully saturated rings. The minimum atomic E-state index is -0.934. The third-order valence-corrected chi connectivity index (χ3v) is 4.80. The Bertz CT molecular complexity index is 1100. The number of aromatic nitrogens is 3. The van der Waals surface area contributed by atoms with Gasteiger partial charge in [0, 0.05) is 5.69 Å². The highest BCUT2D eigenvalue weighted by atomic mass is 32.2. The molecule has 3 N–H and O–H groups in total. The number of thioether (sulfide) groups is 1. The van der Waals surface area contributed by atoms with Gasteiger partial charge in [-0.15, -0.1) is 0 Å². The molecule has 1 atom stereocenters. The van der Waals surface area contributed by atoms with Gasteiger partial charge in [-0.2, -0.15) is 0 Å². The minimum absolute atomic E-state index is 0.288. The Morgan fingerprint density at radius 3 is 2.59 bits per heavy atom. The van der Waals surface area contributed by atoms with E-state index in [1.54, 1.807) is 43.3 Å². The first-order valence-corrected chi connectivity index (χ1v) is 8.97. The number of fused-ring (bicyclic) bond motifs is 1. The number of primary amides is 1. The number of carbonyl (C=O) groups is 2. The molecule has 1 aromatic carbocycles. The third kappa shape index (κ3) is 3.98. The Morgan fingerprint density at radius 1 is 1.15 bits per heavy atom. The Hall–Kier alpha value is -3.20. The minimum Gasteiger partial charge on any atom is -0.351 e.